The second-order valence-electron chi connectivity index (χ2n) is 7.20. The van der Waals surface area contributed by atoms with Crippen molar-refractivity contribution in [3.63, 3.8) is 0 Å². The summed E-state index contributed by atoms with van der Waals surface area (Å²) in [5.74, 6) is -0.340. The van der Waals surface area contributed by atoms with Crippen molar-refractivity contribution < 1.29 is 27.5 Å². The average Bonchev–Trinajstić information content (AvgIpc) is 3.22. The number of carbonyl (C=O) groups excluding carboxylic acids is 2. The molecule has 0 saturated carbocycles. The van der Waals surface area contributed by atoms with Crippen LogP contribution in [0.3, 0.4) is 0 Å². The smallest absolute Gasteiger partial charge is 0.416 e. The van der Waals surface area contributed by atoms with Crippen LogP contribution >= 0.6 is 0 Å². The summed E-state index contributed by atoms with van der Waals surface area (Å²) >= 11 is 0. The van der Waals surface area contributed by atoms with E-state index >= 15 is 0 Å². The van der Waals surface area contributed by atoms with E-state index in [2.05, 4.69) is 17.0 Å². The Labute approximate surface area is 183 Å². The Hall–Kier alpha value is -3.34. The molecule has 172 valence electrons. The van der Waals surface area contributed by atoms with Gasteiger partial charge in [-0.25, -0.2) is 4.68 Å². The molecule has 8 nitrogen and oxygen atoms in total. The number of rotatable bonds is 7. The quantitative estimate of drug-likeness (QED) is 0.652. The van der Waals surface area contributed by atoms with Gasteiger partial charge >= 0.3 is 6.18 Å². The molecule has 0 unspecified atom stereocenters. The van der Waals surface area contributed by atoms with E-state index in [0.717, 1.165) is 12.1 Å². The van der Waals surface area contributed by atoms with E-state index in [4.69, 9.17) is 4.74 Å². The zero-order valence-electron chi connectivity index (χ0n) is 17.6. The summed E-state index contributed by atoms with van der Waals surface area (Å²) in [4.78, 5) is 28.3. The van der Waals surface area contributed by atoms with Gasteiger partial charge in [0.1, 0.15) is 0 Å². The first-order valence-corrected chi connectivity index (χ1v) is 9.93. The number of aromatic nitrogens is 2. The van der Waals surface area contributed by atoms with Crippen LogP contribution in [0.1, 0.15) is 16.1 Å². The number of benzene rings is 1. The van der Waals surface area contributed by atoms with Crippen LogP contribution in [0.2, 0.25) is 0 Å². The zero-order chi connectivity index (χ0) is 23.3. The molecule has 1 aliphatic rings. The number of piperazine rings is 1. The average molecular weight is 451 g/mol. The molecule has 2 heterocycles. The fraction of sp³-hybridized carbons (Fsp3) is 0.381. The minimum absolute atomic E-state index is 0.0158. The van der Waals surface area contributed by atoms with Gasteiger partial charge in [0.25, 0.3) is 5.91 Å². The van der Waals surface area contributed by atoms with Crippen LogP contribution < -0.4 is 10.1 Å². The lowest BCUT2D eigenvalue weighted by Gasteiger charge is -2.34. The van der Waals surface area contributed by atoms with Gasteiger partial charge in [-0.2, -0.15) is 18.3 Å². The fourth-order valence-corrected chi connectivity index (χ4v) is 3.32. The highest BCUT2D eigenvalue weighted by Gasteiger charge is 2.31. The highest BCUT2D eigenvalue weighted by atomic mass is 19.4. The molecule has 1 aliphatic heterocycles. The zero-order valence-corrected chi connectivity index (χ0v) is 17.6. The van der Waals surface area contributed by atoms with Gasteiger partial charge in [-0.1, -0.05) is 12.1 Å². The Kier molecular flexibility index (Phi) is 7.18. The number of carbonyl (C=O) groups is 2. The maximum absolute atomic E-state index is 13.0. The van der Waals surface area contributed by atoms with Crippen molar-refractivity contribution in [2.24, 2.45) is 0 Å². The van der Waals surface area contributed by atoms with Gasteiger partial charge in [-0.05, 0) is 18.2 Å². The SMILES string of the molecule is C=CCNC(=O)CN1CCN(C(=O)c2nn(-c3cccc(C(F)(F)F)c3)cc2OC)CC1. The number of hydrogen-bond acceptors (Lipinski definition) is 5. The molecule has 1 N–H and O–H groups in total. The summed E-state index contributed by atoms with van der Waals surface area (Å²) in [5, 5.41) is 6.90. The van der Waals surface area contributed by atoms with Gasteiger partial charge in [-0.3, -0.25) is 14.5 Å². The van der Waals surface area contributed by atoms with Crippen LogP contribution in [0.5, 0.6) is 5.75 Å². The van der Waals surface area contributed by atoms with Crippen molar-refractivity contribution in [3.05, 3.63) is 54.4 Å². The number of amides is 2. The Morgan fingerprint density at radius 3 is 2.59 bits per heavy atom. The molecular weight excluding hydrogens is 427 g/mol. The Morgan fingerprint density at radius 1 is 1.25 bits per heavy atom. The van der Waals surface area contributed by atoms with Crippen LogP contribution in [0.25, 0.3) is 5.69 Å². The van der Waals surface area contributed by atoms with Crippen LogP contribution in [-0.4, -0.2) is 77.8 Å². The molecule has 1 aromatic carbocycles. The van der Waals surface area contributed by atoms with Crippen molar-refractivity contribution in [1.82, 2.24) is 24.9 Å². The van der Waals surface area contributed by atoms with Gasteiger partial charge in [0.2, 0.25) is 5.91 Å². The third-order valence-electron chi connectivity index (χ3n) is 5.01. The molecule has 0 spiro atoms. The minimum Gasteiger partial charge on any atom is -0.493 e. The van der Waals surface area contributed by atoms with E-state index in [0.29, 0.717) is 32.7 Å². The molecular formula is C21H24F3N5O3. The normalized spacial score (nSPS) is 14.8. The first kappa shape index (κ1) is 23.3. The monoisotopic (exact) mass is 451 g/mol. The molecule has 1 saturated heterocycles. The van der Waals surface area contributed by atoms with E-state index in [9.17, 15) is 22.8 Å². The third-order valence-corrected chi connectivity index (χ3v) is 5.01. The predicted molar refractivity (Wildman–Crippen MR) is 111 cm³/mol. The Balaban J connectivity index is 1.70. The van der Waals surface area contributed by atoms with Crippen LogP contribution in [0.15, 0.2) is 43.1 Å². The summed E-state index contributed by atoms with van der Waals surface area (Å²) in [6.45, 7) is 5.94. The lowest BCUT2D eigenvalue weighted by molar-refractivity contribution is -0.137. The molecule has 2 aromatic rings. The summed E-state index contributed by atoms with van der Waals surface area (Å²) in [6, 6.07) is 4.66. The second kappa shape index (κ2) is 9.86. The number of methoxy groups -OCH3 is 1. The fourth-order valence-electron chi connectivity index (χ4n) is 3.32. The van der Waals surface area contributed by atoms with Gasteiger partial charge in [0.15, 0.2) is 11.4 Å². The standard InChI is InChI=1S/C21H24F3N5O3/c1-3-7-25-18(30)14-27-8-10-28(11-9-27)20(31)19-17(32-2)13-29(26-19)16-6-4-5-15(12-16)21(22,23)24/h3-6,12-13H,1,7-11,14H2,2H3,(H,25,30). The van der Waals surface area contributed by atoms with Crippen molar-refractivity contribution >= 4 is 11.8 Å². The highest BCUT2D eigenvalue weighted by Crippen LogP contribution is 2.31. The molecule has 11 heteroatoms. The minimum atomic E-state index is -4.49. The second-order valence-corrected chi connectivity index (χ2v) is 7.20. The Bertz CT molecular complexity index is 981. The maximum atomic E-state index is 13.0. The van der Waals surface area contributed by atoms with E-state index in [1.54, 1.807) is 11.0 Å². The van der Waals surface area contributed by atoms with Gasteiger partial charge < -0.3 is 15.0 Å². The first-order chi connectivity index (χ1) is 15.2. The van der Waals surface area contributed by atoms with Gasteiger partial charge in [0.05, 0.1) is 31.1 Å². The molecule has 1 aromatic heterocycles. The number of nitrogens with one attached hydrogen (secondary N) is 1. The molecule has 1 fully saturated rings. The number of halogens is 3. The van der Waals surface area contributed by atoms with Crippen molar-refractivity contribution in [2.45, 2.75) is 6.18 Å². The van der Waals surface area contributed by atoms with E-state index in [1.807, 2.05) is 4.90 Å². The topological polar surface area (TPSA) is 79.7 Å². The molecule has 0 atom stereocenters. The maximum Gasteiger partial charge on any atom is 0.416 e. The first-order valence-electron chi connectivity index (χ1n) is 9.93. The van der Waals surface area contributed by atoms with Crippen LogP contribution in [0.4, 0.5) is 13.2 Å². The van der Waals surface area contributed by atoms with E-state index in [-0.39, 0.29) is 35.5 Å². The summed E-state index contributed by atoms with van der Waals surface area (Å²) in [6.07, 6.45) is -1.52. The van der Waals surface area contributed by atoms with Crippen molar-refractivity contribution in [2.75, 3.05) is 46.4 Å². The number of nitrogens with zero attached hydrogens (tertiary/aromatic N) is 4. The van der Waals surface area contributed by atoms with E-state index in [1.165, 1.54) is 30.1 Å². The van der Waals surface area contributed by atoms with Crippen molar-refractivity contribution in [1.29, 1.82) is 0 Å². The van der Waals surface area contributed by atoms with Gasteiger partial charge in [-0.15, -0.1) is 6.58 Å². The molecule has 2 amide bonds. The summed E-state index contributed by atoms with van der Waals surface area (Å²) in [7, 11) is 1.37. The van der Waals surface area contributed by atoms with Crippen molar-refractivity contribution in [3.8, 4) is 11.4 Å². The highest BCUT2D eigenvalue weighted by molar-refractivity contribution is 5.95. The number of alkyl halides is 3. The predicted octanol–water partition coefficient (Wildman–Crippen LogP) is 1.96. The number of ether oxygens (including phenoxy) is 1. The van der Waals surface area contributed by atoms with Gasteiger partial charge in [0, 0.05) is 32.7 Å². The molecule has 0 aliphatic carbocycles. The van der Waals surface area contributed by atoms with Crippen LogP contribution in [-0.2, 0) is 11.0 Å². The summed E-state index contributed by atoms with van der Waals surface area (Å²) in [5.41, 5.74) is -0.639. The number of hydrogen-bond donors (Lipinski definition) is 1. The lowest BCUT2D eigenvalue weighted by atomic mass is 10.2. The van der Waals surface area contributed by atoms with Crippen LogP contribution in [0, 0.1) is 0 Å². The molecule has 32 heavy (non-hydrogen) atoms. The third kappa shape index (κ3) is 5.47. The summed E-state index contributed by atoms with van der Waals surface area (Å²) < 4.78 is 45.5. The molecule has 0 radical (unpaired) electrons. The largest absolute Gasteiger partial charge is 0.493 e. The molecule has 0 bridgehead atoms. The Morgan fingerprint density at radius 2 is 1.97 bits per heavy atom. The molecule has 3 rings (SSSR count). The van der Waals surface area contributed by atoms with E-state index < -0.39 is 11.7 Å². The lowest BCUT2D eigenvalue weighted by Crippen LogP contribution is -2.51.